The molecule has 7 heteroatoms. The second-order valence-electron chi connectivity index (χ2n) is 7.32. The summed E-state index contributed by atoms with van der Waals surface area (Å²) in [6.45, 7) is 3.53. The van der Waals surface area contributed by atoms with Gasteiger partial charge in [-0.25, -0.2) is 8.42 Å². The zero-order valence-electron chi connectivity index (χ0n) is 18.1. The summed E-state index contributed by atoms with van der Waals surface area (Å²) in [6.07, 6.45) is 1.50. The van der Waals surface area contributed by atoms with Crippen LogP contribution in [0.5, 0.6) is 5.75 Å². The second-order valence-corrected chi connectivity index (χ2v) is 9.50. The predicted octanol–water partition coefficient (Wildman–Crippen LogP) is 3.36. The van der Waals surface area contributed by atoms with Crippen molar-refractivity contribution in [2.75, 3.05) is 33.0 Å². The minimum atomic E-state index is -3.11. The van der Waals surface area contributed by atoms with Crippen molar-refractivity contribution in [3.05, 3.63) is 65.7 Å². The number of benzene rings is 2. The van der Waals surface area contributed by atoms with Crippen molar-refractivity contribution in [1.82, 2.24) is 10.6 Å². The van der Waals surface area contributed by atoms with Crippen LogP contribution in [0.4, 0.5) is 0 Å². The lowest BCUT2D eigenvalue weighted by molar-refractivity contribution is 0.414. The molecule has 1 unspecified atom stereocenters. The van der Waals surface area contributed by atoms with Crippen LogP contribution in [0.15, 0.2) is 59.6 Å². The minimum Gasteiger partial charge on any atom is -0.497 e. The van der Waals surface area contributed by atoms with Crippen molar-refractivity contribution >= 4 is 15.8 Å². The summed E-state index contributed by atoms with van der Waals surface area (Å²) in [5.41, 5.74) is 2.10. The van der Waals surface area contributed by atoms with E-state index in [2.05, 4.69) is 34.7 Å². The van der Waals surface area contributed by atoms with Crippen molar-refractivity contribution < 1.29 is 13.2 Å². The fraction of sp³-hybridized carbons (Fsp3) is 0.435. The lowest BCUT2D eigenvalue weighted by Crippen LogP contribution is -2.38. The highest BCUT2D eigenvalue weighted by atomic mass is 32.2. The number of ether oxygens (including phenoxy) is 1. The third kappa shape index (κ3) is 8.45. The first-order chi connectivity index (χ1) is 14.4. The van der Waals surface area contributed by atoms with Crippen LogP contribution >= 0.6 is 0 Å². The fourth-order valence-electron chi connectivity index (χ4n) is 3.13. The van der Waals surface area contributed by atoms with Crippen LogP contribution in [0.2, 0.25) is 0 Å². The maximum absolute atomic E-state index is 12.3. The van der Waals surface area contributed by atoms with Gasteiger partial charge >= 0.3 is 0 Å². The quantitative estimate of drug-likeness (QED) is 0.324. The Morgan fingerprint density at radius 2 is 1.70 bits per heavy atom. The van der Waals surface area contributed by atoms with Gasteiger partial charge in [0.25, 0.3) is 0 Å². The molecule has 2 aromatic rings. The Kier molecular flexibility index (Phi) is 9.67. The number of nitrogens with one attached hydrogen (secondary N) is 2. The largest absolute Gasteiger partial charge is 0.497 e. The number of hydrogen-bond donors (Lipinski definition) is 2. The van der Waals surface area contributed by atoms with Gasteiger partial charge in [-0.15, -0.1) is 0 Å². The number of guanidine groups is 1. The molecule has 0 aliphatic heterocycles. The molecule has 0 radical (unpaired) electrons. The van der Waals surface area contributed by atoms with Crippen LogP contribution in [0.25, 0.3) is 0 Å². The summed E-state index contributed by atoms with van der Waals surface area (Å²) in [5, 5.41) is 6.49. The first-order valence-corrected chi connectivity index (χ1v) is 12.1. The molecule has 0 aliphatic carbocycles. The Morgan fingerprint density at radius 3 is 2.33 bits per heavy atom. The van der Waals surface area contributed by atoms with E-state index in [1.54, 1.807) is 14.2 Å². The van der Waals surface area contributed by atoms with Crippen molar-refractivity contribution in [3.8, 4) is 5.75 Å². The van der Waals surface area contributed by atoms with Crippen LogP contribution < -0.4 is 15.4 Å². The maximum Gasteiger partial charge on any atom is 0.190 e. The molecule has 0 aromatic heterocycles. The average Bonchev–Trinajstić information content (AvgIpc) is 2.75. The SMILES string of the molecule is CN=C(NCCCS(=O)(=O)Cc1ccccc1)NCCC(C)c1ccc(OC)cc1. The Balaban J connectivity index is 1.66. The van der Waals surface area contributed by atoms with Gasteiger partial charge in [0, 0.05) is 20.1 Å². The molecule has 6 nitrogen and oxygen atoms in total. The number of methoxy groups -OCH3 is 1. The maximum atomic E-state index is 12.3. The lowest BCUT2D eigenvalue weighted by Gasteiger charge is -2.15. The number of sulfone groups is 1. The first-order valence-electron chi connectivity index (χ1n) is 10.3. The third-order valence-corrected chi connectivity index (χ3v) is 6.62. The van der Waals surface area contributed by atoms with Gasteiger partial charge in [-0.3, -0.25) is 4.99 Å². The van der Waals surface area contributed by atoms with Gasteiger partial charge in [0.1, 0.15) is 5.75 Å². The summed E-state index contributed by atoms with van der Waals surface area (Å²) in [5.74, 6) is 2.20. The molecule has 0 heterocycles. The van der Waals surface area contributed by atoms with E-state index in [0.29, 0.717) is 24.8 Å². The van der Waals surface area contributed by atoms with Gasteiger partial charge in [0.2, 0.25) is 0 Å². The van der Waals surface area contributed by atoms with Crippen LogP contribution in [-0.4, -0.2) is 47.4 Å². The standard InChI is InChI=1S/C23H33N3O3S/c1-19(21-10-12-22(29-3)13-11-21)14-16-26-23(24-2)25-15-7-17-30(27,28)18-20-8-5-4-6-9-20/h4-6,8-13,19H,7,14-18H2,1-3H3,(H2,24,25,26). The van der Waals surface area contributed by atoms with Gasteiger partial charge in [-0.1, -0.05) is 49.4 Å². The van der Waals surface area contributed by atoms with Gasteiger partial charge in [0.15, 0.2) is 15.8 Å². The number of hydrogen-bond acceptors (Lipinski definition) is 4. The third-order valence-electron chi connectivity index (χ3n) is 4.93. The topological polar surface area (TPSA) is 79.8 Å². The van der Waals surface area contributed by atoms with Gasteiger partial charge < -0.3 is 15.4 Å². The normalized spacial score (nSPS) is 13.0. The monoisotopic (exact) mass is 431 g/mol. The molecule has 0 spiro atoms. The van der Waals surface area contributed by atoms with Gasteiger partial charge in [0.05, 0.1) is 18.6 Å². The van der Waals surface area contributed by atoms with Crippen molar-refractivity contribution in [1.29, 1.82) is 0 Å². The highest BCUT2D eigenvalue weighted by Crippen LogP contribution is 2.21. The first kappa shape index (κ1) is 23.7. The van der Waals surface area contributed by atoms with E-state index in [0.717, 1.165) is 24.3 Å². The minimum absolute atomic E-state index is 0.0874. The Labute approximate surface area is 180 Å². The molecule has 0 bridgehead atoms. The van der Waals surface area contributed by atoms with E-state index in [9.17, 15) is 8.42 Å². The Morgan fingerprint density at radius 1 is 1.03 bits per heavy atom. The Bertz CT molecular complexity index is 882. The van der Waals surface area contributed by atoms with Crippen molar-refractivity contribution in [2.45, 2.75) is 31.4 Å². The van der Waals surface area contributed by atoms with Gasteiger partial charge in [-0.05, 0) is 42.0 Å². The van der Waals surface area contributed by atoms with Crippen molar-refractivity contribution in [2.24, 2.45) is 4.99 Å². The lowest BCUT2D eigenvalue weighted by atomic mass is 9.98. The zero-order valence-corrected chi connectivity index (χ0v) is 18.9. The number of nitrogens with zero attached hydrogens (tertiary/aromatic N) is 1. The molecule has 0 amide bonds. The van der Waals surface area contributed by atoms with E-state index in [-0.39, 0.29) is 11.5 Å². The molecule has 0 saturated carbocycles. The van der Waals surface area contributed by atoms with Crippen LogP contribution in [0.1, 0.15) is 36.8 Å². The molecule has 0 saturated heterocycles. The molecule has 2 aromatic carbocycles. The van der Waals surface area contributed by atoms with Crippen LogP contribution in [0, 0.1) is 0 Å². The van der Waals surface area contributed by atoms with E-state index in [4.69, 9.17) is 4.74 Å². The van der Waals surface area contributed by atoms with Crippen LogP contribution in [0.3, 0.4) is 0 Å². The zero-order chi connectivity index (χ0) is 21.8. The molecule has 1 atom stereocenters. The fourth-order valence-corrected chi connectivity index (χ4v) is 4.55. The predicted molar refractivity (Wildman–Crippen MR) is 124 cm³/mol. The molecule has 0 fully saturated rings. The number of aliphatic imine (C=N–C) groups is 1. The summed E-state index contributed by atoms with van der Waals surface area (Å²) < 4.78 is 29.7. The molecule has 2 N–H and O–H groups in total. The van der Waals surface area contributed by atoms with E-state index in [1.807, 2.05) is 42.5 Å². The molecule has 2 rings (SSSR count). The summed E-state index contributed by atoms with van der Waals surface area (Å²) in [7, 11) is 0.271. The highest BCUT2D eigenvalue weighted by molar-refractivity contribution is 7.90. The second kappa shape index (κ2) is 12.2. The average molecular weight is 432 g/mol. The molecule has 30 heavy (non-hydrogen) atoms. The Hall–Kier alpha value is -2.54. The van der Waals surface area contributed by atoms with E-state index < -0.39 is 9.84 Å². The van der Waals surface area contributed by atoms with Crippen molar-refractivity contribution in [3.63, 3.8) is 0 Å². The summed E-state index contributed by atoms with van der Waals surface area (Å²) >= 11 is 0. The van der Waals surface area contributed by atoms with Gasteiger partial charge in [-0.2, -0.15) is 0 Å². The van der Waals surface area contributed by atoms with Crippen LogP contribution in [-0.2, 0) is 15.6 Å². The number of rotatable bonds is 11. The smallest absolute Gasteiger partial charge is 0.190 e. The summed E-state index contributed by atoms with van der Waals surface area (Å²) in [4.78, 5) is 4.21. The molecule has 0 aliphatic rings. The summed E-state index contributed by atoms with van der Waals surface area (Å²) in [6, 6.07) is 17.4. The molecule has 164 valence electrons. The highest BCUT2D eigenvalue weighted by Gasteiger charge is 2.12. The van der Waals surface area contributed by atoms with E-state index >= 15 is 0 Å². The molecular formula is C23H33N3O3S. The molecular weight excluding hydrogens is 398 g/mol. The van der Waals surface area contributed by atoms with E-state index in [1.165, 1.54) is 5.56 Å².